The molecule has 9 nitrogen and oxygen atoms in total. The number of unbranched alkanes of at least 4 members (excludes halogenated alkanes) is 27. The molecule has 0 bridgehead atoms. The SMILES string of the molecule is CC/C=C\C/C=C\C/C=C\C/C=C\C/C=C\C/C=C\C/C=C\C/C=C\CCCCCCCCCCCCC(=O)OC(COC(=O)CCCCCCCCCCCCCCCCCCC/C=C\C/C=C\C/C=C\C/C=C\C/C=C\CC)COC(OCC[N+](C)(C)C)C(=O)[O-]. The molecule has 93 heavy (non-hydrogen) atoms. The van der Waals surface area contributed by atoms with E-state index in [0.29, 0.717) is 17.4 Å². The van der Waals surface area contributed by atoms with Gasteiger partial charge in [-0.2, -0.15) is 0 Å². The minimum atomic E-state index is -1.63. The molecular formula is C84H139NO8. The molecule has 0 rings (SSSR count). The summed E-state index contributed by atoms with van der Waals surface area (Å²) < 4.78 is 22.8. The smallest absolute Gasteiger partial charge is 0.306 e. The highest BCUT2D eigenvalue weighted by Crippen LogP contribution is 2.17. The first-order chi connectivity index (χ1) is 45.6. The van der Waals surface area contributed by atoms with Crippen LogP contribution in [0.15, 0.2) is 158 Å². The number of likely N-dealkylation sites (N-methyl/N-ethyl adjacent to an activating group) is 1. The molecule has 0 aromatic heterocycles. The molecule has 0 aromatic carbocycles. The maximum Gasteiger partial charge on any atom is 0.306 e. The van der Waals surface area contributed by atoms with Gasteiger partial charge in [0.15, 0.2) is 12.4 Å². The van der Waals surface area contributed by atoms with Gasteiger partial charge < -0.3 is 33.3 Å². The Labute approximate surface area is 572 Å². The van der Waals surface area contributed by atoms with Gasteiger partial charge in [-0.05, 0) is 122 Å². The summed E-state index contributed by atoms with van der Waals surface area (Å²) in [5, 5.41) is 11.9. The lowest BCUT2D eigenvalue weighted by atomic mass is 10.0. The molecule has 9 heteroatoms. The van der Waals surface area contributed by atoms with E-state index in [2.05, 4.69) is 172 Å². The summed E-state index contributed by atoms with van der Waals surface area (Å²) in [7, 11) is 5.93. The third-order valence-electron chi connectivity index (χ3n) is 15.8. The van der Waals surface area contributed by atoms with E-state index < -0.39 is 24.3 Å². The predicted octanol–water partition coefficient (Wildman–Crippen LogP) is 22.7. The molecule has 0 spiro atoms. The Morgan fingerprint density at radius 1 is 0.323 bits per heavy atom. The Morgan fingerprint density at radius 2 is 0.581 bits per heavy atom. The van der Waals surface area contributed by atoms with Crippen LogP contribution in [0.5, 0.6) is 0 Å². The Kier molecular flexibility index (Phi) is 68.8. The largest absolute Gasteiger partial charge is 0.545 e. The molecule has 528 valence electrons. The number of hydrogen-bond donors (Lipinski definition) is 0. The highest BCUT2D eigenvalue weighted by molar-refractivity contribution is 5.70. The van der Waals surface area contributed by atoms with Crippen LogP contribution in [0.4, 0.5) is 0 Å². The van der Waals surface area contributed by atoms with E-state index in [0.717, 1.165) is 128 Å². The molecule has 0 aromatic rings. The van der Waals surface area contributed by atoms with Gasteiger partial charge in [-0.1, -0.05) is 320 Å². The molecule has 0 amide bonds. The van der Waals surface area contributed by atoms with Crippen LogP contribution in [0.3, 0.4) is 0 Å². The number of quaternary nitrogens is 1. The van der Waals surface area contributed by atoms with E-state index in [1.807, 2.05) is 21.1 Å². The van der Waals surface area contributed by atoms with Crippen LogP contribution < -0.4 is 5.11 Å². The van der Waals surface area contributed by atoms with Crippen molar-refractivity contribution >= 4 is 17.9 Å². The molecular weight excluding hydrogens is 1150 g/mol. The number of carbonyl (C=O) groups excluding carboxylic acids is 3. The van der Waals surface area contributed by atoms with Crippen LogP contribution in [-0.4, -0.2) is 82.3 Å². The van der Waals surface area contributed by atoms with Gasteiger partial charge in [-0.25, -0.2) is 0 Å². The van der Waals surface area contributed by atoms with Gasteiger partial charge in [-0.15, -0.1) is 0 Å². The second-order valence-electron chi connectivity index (χ2n) is 25.8. The predicted molar refractivity (Wildman–Crippen MR) is 398 cm³/mol. The second kappa shape index (κ2) is 72.7. The van der Waals surface area contributed by atoms with Crippen LogP contribution in [0.25, 0.3) is 0 Å². The maximum absolute atomic E-state index is 13.0. The van der Waals surface area contributed by atoms with E-state index in [1.165, 1.54) is 135 Å². The fourth-order valence-corrected chi connectivity index (χ4v) is 10.1. The van der Waals surface area contributed by atoms with Gasteiger partial charge in [-0.3, -0.25) is 9.59 Å². The third-order valence-corrected chi connectivity index (χ3v) is 15.8. The number of carboxylic acids is 1. The van der Waals surface area contributed by atoms with Crippen LogP contribution >= 0.6 is 0 Å². The van der Waals surface area contributed by atoms with Crippen molar-refractivity contribution in [3.8, 4) is 0 Å². The number of esters is 2. The fourth-order valence-electron chi connectivity index (χ4n) is 10.1. The van der Waals surface area contributed by atoms with Crippen molar-refractivity contribution in [2.45, 2.75) is 309 Å². The zero-order valence-corrected chi connectivity index (χ0v) is 60.3. The number of aliphatic carboxylic acids is 1. The van der Waals surface area contributed by atoms with Crippen molar-refractivity contribution in [3.05, 3.63) is 158 Å². The number of rotatable bonds is 68. The molecule has 2 atom stereocenters. The number of carboxylic acid groups (broad SMARTS) is 1. The second-order valence-corrected chi connectivity index (χ2v) is 25.8. The van der Waals surface area contributed by atoms with Crippen molar-refractivity contribution in [1.82, 2.24) is 0 Å². The van der Waals surface area contributed by atoms with Crippen LogP contribution in [0.2, 0.25) is 0 Å². The Bertz CT molecular complexity index is 2090. The fraction of sp³-hybridized carbons (Fsp3) is 0.655. The molecule has 0 aliphatic rings. The summed E-state index contributed by atoms with van der Waals surface area (Å²) in [6, 6.07) is 0. The molecule has 0 radical (unpaired) electrons. The highest BCUT2D eigenvalue weighted by atomic mass is 16.7. The Balaban J connectivity index is 4.12. The lowest BCUT2D eigenvalue weighted by Crippen LogP contribution is -2.44. The van der Waals surface area contributed by atoms with Gasteiger partial charge >= 0.3 is 11.9 Å². The highest BCUT2D eigenvalue weighted by Gasteiger charge is 2.22. The summed E-state index contributed by atoms with van der Waals surface area (Å²) >= 11 is 0. The van der Waals surface area contributed by atoms with Gasteiger partial charge in [0.25, 0.3) is 0 Å². The van der Waals surface area contributed by atoms with Crippen molar-refractivity contribution in [2.75, 3.05) is 47.5 Å². The summed E-state index contributed by atoms with van der Waals surface area (Å²) in [6.45, 7) is 4.52. The van der Waals surface area contributed by atoms with Gasteiger partial charge in [0.05, 0.1) is 40.3 Å². The number of hydrogen-bond acceptors (Lipinski definition) is 8. The first-order valence-electron chi connectivity index (χ1n) is 37.6. The quantitative estimate of drug-likeness (QED) is 0.0195. The molecule has 0 aliphatic carbocycles. The number of nitrogens with zero attached hydrogens (tertiary/aromatic N) is 1. The molecule has 0 aliphatic heterocycles. The number of allylic oxidation sites excluding steroid dienone is 26. The van der Waals surface area contributed by atoms with Gasteiger partial charge in [0.2, 0.25) is 0 Å². The molecule has 0 fully saturated rings. The Morgan fingerprint density at radius 3 is 0.860 bits per heavy atom. The van der Waals surface area contributed by atoms with E-state index in [9.17, 15) is 19.5 Å². The lowest BCUT2D eigenvalue weighted by molar-refractivity contribution is -0.870. The summed E-state index contributed by atoms with van der Waals surface area (Å²) in [4.78, 5) is 37.6. The van der Waals surface area contributed by atoms with Crippen molar-refractivity contribution in [1.29, 1.82) is 0 Å². The molecule has 0 heterocycles. The first kappa shape index (κ1) is 87.9. The van der Waals surface area contributed by atoms with E-state index in [4.69, 9.17) is 18.9 Å². The average Bonchev–Trinajstić information content (AvgIpc) is 3.74. The number of ether oxygens (including phenoxy) is 4. The van der Waals surface area contributed by atoms with E-state index in [1.54, 1.807) is 0 Å². The Hall–Kier alpha value is -5.09. The molecule has 0 saturated heterocycles. The van der Waals surface area contributed by atoms with Gasteiger partial charge in [0, 0.05) is 12.8 Å². The number of carbonyl (C=O) groups is 3. The average molecular weight is 1290 g/mol. The van der Waals surface area contributed by atoms with Crippen molar-refractivity contribution in [2.24, 2.45) is 0 Å². The topological polar surface area (TPSA) is 111 Å². The first-order valence-corrected chi connectivity index (χ1v) is 37.6. The minimum absolute atomic E-state index is 0.141. The summed E-state index contributed by atoms with van der Waals surface area (Å²) in [5.74, 6) is -2.29. The van der Waals surface area contributed by atoms with Crippen LogP contribution in [0.1, 0.15) is 296 Å². The zero-order valence-electron chi connectivity index (χ0n) is 60.3. The van der Waals surface area contributed by atoms with Crippen molar-refractivity contribution < 1.29 is 42.9 Å². The zero-order chi connectivity index (χ0) is 67.5. The summed E-state index contributed by atoms with van der Waals surface area (Å²) in [6.07, 6.45) is 105. The molecule has 2 unspecified atom stereocenters. The monoisotopic (exact) mass is 1290 g/mol. The minimum Gasteiger partial charge on any atom is -0.545 e. The van der Waals surface area contributed by atoms with Crippen LogP contribution in [0, 0.1) is 0 Å². The molecule has 0 N–H and O–H groups in total. The third kappa shape index (κ3) is 74.2. The summed E-state index contributed by atoms with van der Waals surface area (Å²) in [5.41, 5.74) is 0. The van der Waals surface area contributed by atoms with Crippen LogP contribution in [-0.2, 0) is 33.3 Å². The maximum atomic E-state index is 13.0. The van der Waals surface area contributed by atoms with Gasteiger partial charge in [0.1, 0.15) is 13.2 Å². The van der Waals surface area contributed by atoms with Crippen molar-refractivity contribution in [3.63, 3.8) is 0 Å². The van der Waals surface area contributed by atoms with E-state index in [-0.39, 0.29) is 38.6 Å². The molecule has 0 saturated carbocycles. The normalized spacial score (nSPS) is 13.6. The lowest BCUT2D eigenvalue weighted by Gasteiger charge is -2.26. The standard InChI is InChI=1S/C84H139NO8/c1-6-8-10-12-14-16-18-20-22-24-26-28-30-32-34-36-38-40-41-43-45-47-49-51-53-55-57-59-61-63-65-67-69-71-73-75-82(87)93-80(79-92-84(83(88)89)90-77-76-85(3,4)5)78-91-81(86)74-72-70-68-66-64-62-60-58-56-54-52-50-48-46-44-42-39-37-35-33-31-29-27-25-23-21-19-17-15-13-11-9-7-2/h8-11,14-17,20-23,26-29,32-35,38,40,43,45,49,51,80,84H,6-7,12-13,18-19,24-25,30-31,36-37,39,41-42,44,46-48,50,52-79H2,1-5H3/b10-8-,11-9-,16-14-,17-15-,22-20-,23-21-,28-26-,29-27-,34-32-,35-33-,40-38-,45-43-,51-49-. The van der Waals surface area contributed by atoms with E-state index >= 15 is 0 Å².